The van der Waals surface area contributed by atoms with Gasteiger partial charge in [0.15, 0.2) is 12.4 Å². The van der Waals surface area contributed by atoms with Crippen LogP contribution in [-0.2, 0) is 6.61 Å². The molecule has 3 heterocycles. The highest BCUT2D eigenvalue weighted by Gasteiger charge is 2.13. The van der Waals surface area contributed by atoms with Gasteiger partial charge in [0.25, 0.3) is 0 Å². The monoisotopic (exact) mass is 328 g/mol. The van der Waals surface area contributed by atoms with E-state index in [0.717, 1.165) is 10.6 Å². The van der Waals surface area contributed by atoms with E-state index >= 15 is 0 Å². The van der Waals surface area contributed by atoms with Gasteiger partial charge < -0.3 is 4.74 Å². The normalized spacial score (nSPS) is 11.0. The first kappa shape index (κ1) is 13.7. The van der Waals surface area contributed by atoms with E-state index in [1.165, 1.54) is 29.7 Å². The third-order valence-corrected chi connectivity index (χ3v) is 3.98. The zero-order valence-electron chi connectivity index (χ0n) is 11.6. The maximum Gasteiger partial charge on any atom is 0.235 e. The first-order valence-electron chi connectivity index (χ1n) is 6.65. The first-order chi connectivity index (χ1) is 11.3. The van der Waals surface area contributed by atoms with E-state index in [4.69, 9.17) is 4.74 Å². The minimum absolute atomic E-state index is 0.173. The van der Waals surface area contributed by atoms with E-state index in [9.17, 15) is 4.39 Å². The fraction of sp³-hybridized carbons (Fsp3) is 0.0714. The Morgan fingerprint density at radius 2 is 2.00 bits per heavy atom. The molecule has 9 heteroatoms. The molecular formula is C14H9FN6OS. The van der Waals surface area contributed by atoms with Crippen molar-refractivity contribution in [2.45, 2.75) is 6.61 Å². The van der Waals surface area contributed by atoms with Crippen LogP contribution in [0.3, 0.4) is 0 Å². The molecule has 0 radical (unpaired) electrons. The van der Waals surface area contributed by atoms with Crippen molar-refractivity contribution < 1.29 is 9.13 Å². The first-order valence-corrected chi connectivity index (χ1v) is 7.47. The van der Waals surface area contributed by atoms with Crippen molar-refractivity contribution in [3.63, 3.8) is 0 Å². The van der Waals surface area contributed by atoms with Crippen molar-refractivity contribution in [1.82, 2.24) is 29.8 Å². The number of nitrogens with zero attached hydrogens (tertiary/aromatic N) is 6. The molecule has 0 aliphatic heterocycles. The number of rotatable bonds is 4. The second-order valence-electron chi connectivity index (χ2n) is 4.56. The predicted octanol–water partition coefficient (Wildman–Crippen LogP) is 2.36. The topological polar surface area (TPSA) is 78.1 Å². The van der Waals surface area contributed by atoms with Gasteiger partial charge in [-0.15, -0.1) is 10.2 Å². The highest BCUT2D eigenvalue weighted by molar-refractivity contribution is 7.19. The summed E-state index contributed by atoms with van der Waals surface area (Å²) in [5, 5.41) is 13.3. The van der Waals surface area contributed by atoms with Gasteiger partial charge in [-0.1, -0.05) is 11.3 Å². The predicted molar refractivity (Wildman–Crippen MR) is 80.4 cm³/mol. The number of aromatic nitrogens is 6. The van der Waals surface area contributed by atoms with Crippen LogP contribution in [0.1, 0.15) is 5.82 Å². The third-order valence-electron chi connectivity index (χ3n) is 3.04. The van der Waals surface area contributed by atoms with Crippen LogP contribution < -0.4 is 4.74 Å². The van der Waals surface area contributed by atoms with Crippen molar-refractivity contribution in [1.29, 1.82) is 0 Å². The molecule has 0 bridgehead atoms. The van der Waals surface area contributed by atoms with Crippen LogP contribution in [0.4, 0.5) is 4.39 Å². The molecule has 3 aromatic heterocycles. The molecule has 7 nitrogen and oxygen atoms in total. The Morgan fingerprint density at radius 3 is 2.78 bits per heavy atom. The Kier molecular flexibility index (Phi) is 3.39. The van der Waals surface area contributed by atoms with Crippen LogP contribution >= 0.6 is 11.3 Å². The quantitative estimate of drug-likeness (QED) is 0.572. The van der Waals surface area contributed by atoms with Crippen LogP contribution in [-0.4, -0.2) is 29.8 Å². The molecule has 0 saturated carbocycles. The van der Waals surface area contributed by atoms with Crippen molar-refractivity contribution >= 4 is 16.3 Å². The molecule has 4 aromatic rings. The Morgan fingerprint density at radius 1 is 1.13 bits per heavy atom. The molecule has 0 saturated heterocycles. The lowest BCUT2D eigenvalue weighted by Crippen LogP contribution is -2.03. The maximum absolute atomic E-state index is 13.0. The van der Waals surface area contributed by atoms with Crippen molar-refractivity contribution in [2.24, 2.45) is 0 Å². The second-order valence-corrected chi connectivity index (χ2v) is 5.51. The van der Waals surface area contributed by atoms with Crippen LogP contribution in [0, 0.1) is 5.82 Å². The van der Waals surface area contributed by atoms with Crippen molar-refractivity contribution in [3.05, 3.63) is 54.5 Å². The summed E-state index contributed by atoms with van der Waals surface area (Å²) in [5.74, 6) is 0.670. The van der Waals surface area contributed by atoms with Gasteiger partial charge in [0.2, 0.25) is 10.8 Å². The van der Waals surface area contributed by atoms with E-state index in [-0.39, 0.29) is 12.4 Å². The standard InChI is InChI=1S/C14H9FN6OS/c15-10-3-1-9(2-4-10)13-20-21-11(18-19-14(21)23-13)8-22-12-7-16-5-6-17-12/h1-7H,8H2. The van der Waals surface area contributed by atoms with E-state index in [1.54, 1.807) is 29.0 Å². The lowest BCUT2D eigenvalue weighted by atomic mass is 10.2. The van der Waals surface area contributed by atoms with Gasteiger partial charge in [0.05, 0.1) is 6.20 Å². The summed E-state index contributed by atoms with van der Waals surface area (Å²) in [6.45, 7) is 0.173. The van der Waals surface area contributed by atoms with Crippen LogP contribution in [0.5, 0.6) is 5.88 Å². The van der Waals surface area contributed by atoms with Crippen molar-refractivity contribution in [3.8, 4) is 16.5 Å². The Hall–Kier alpha value is -2.94. The molecule has 0 fully saturated rings. The zero-order valence-corrected chi connectivity index (χ0v) is 12.4. The van der Waals surface area contributed by atoms with Gasteiger partial charge in [-0.05, 0) is 24.3 Å². The lowest BCUT2D eigenvalue weighted by molar-refractivity contribution is 0.280. The number of hydrogen-bond acceptors (Lipinski definition) is 7. The largest absolute Gasteiger partial charge is 0.468 e. The fourth-order valence-corrected chi connectivity index (χ4v) is 2.82. The van der Waals surface area contributed by atoms with Crippen LogP contribution in [0.15, 0.2) is 42.9 Å². The zero-order chi connectivity index (χ0) is 15.6. The Balaban J connectivity index is 1.60. The van der Waals surface area contributed by atoms with Crippen LogP contribution in [0.25, 0.3) is 15.5 Å². The molecule has 23 heavy (non-hydrogen) atoms. The Labute approximate surface area is 133 Å². The van der Waals surface area contributed by atoms with E-state index in [2.05, 4.69) is 25.3 Å². The summed E-state index contributed by atoms with van der Waals surface area (Å²) >= 11 is 1.37. The van der Waals surface area contributed by atoms with E-state index in [1.807, 2.05) is 0 Å². The third kappa shape index (κ3) is 2.73. The highest BCUT2D eigenvalue weighted by Crippen LogP contribution is 2.25. The number of hydrogen-bond donors (Lipinski definition) is 0. The molecule has 4 rings (SSSR count). The second kappa shape index (κ2) is 5.69. The molecular weight excluding hydrogens is 319 g/mol. The SMILES string of the molecule is Fc1ccc(-c2nn3c(COc4cnccn4)nnc3s2)cc1. The molecule has 0 unspecified atom stereocenters. The summed E-state index contributed by atoms with van der Waals surface area (Å²) in [5.41, 5.74) is 0.822. The smallest absolute Gasteiger partial charge is 0.235 e. The van der Waals surface area contributed by atoms with Gasteiger partial charge >= 0.3 is 0 Å². The molecule has 0 aliphatic carbocycles. The number of ether oxygens (including phenoxy) is 1. The molecule has 0 spiro atoms. The average Bonchev–Trinajstić information content (AvgIpc) is 3.15. The minimum atomic E-state index is -0.283. The molecule has 0 amide bonds. The molecule has 114 valence electrons. The maximum atomic E-state index is 13.0. The molecule has 0 aliphatic rings. The van der Waals surface area contributed by atoms with Gasteiger partial charge in [0.1, 0.15) is 10.8 Å². The summed E-state index contributed by atoms with van der Waals surface area (Å²) in [7, 11) is 0. The average molecular weight is 328 g/mol. The highest BCUT2D eigenvalue weighted by atomic mass is 32.1. The molecule has 0 atom stereocenters. The minimum Gasteiger partial charge on any atom is -0.468 e. The van der Waals surface area contributed by atoms with Gasteiger partial charge in [-0.2, -0.15) is 9.61 Å². The lowest BCUT2D eigenvalue weighted by Gasteiger charge is -2.01. The van der Waals surface area contributed by atoms with Crippen molar-refractivity contribution in [2.75, 3.05) is 0 Å². The summed E-state index contributed by atoms with van der Waals surface area (Å²) < 4.78 is 20.1. The number of benzene rings is 1. The van der Waals surface area contributed by atoms with Gasteiger partial charge in [0, 0.05) is 18.0 Å². The van der Waals surface area contributed by atoms with Gasteiger partial charge in [-0.25, -0.2) is 9.37 Å². The van der Waals surface area contributed by atoms with Crippen LogP contribution in [0.2, 0.25) is 0 Å². The number of fused-ring (bicyclic) bond motifs is 1. The molecule has 1 aromatic carbocycles. The van der Waals surface area contributed by atoms with Gasteiger partial charge in [-0.3, -0.25) is 4.98 Å². The summed E-state index contributed by atoms with van der Waals surface area (Å²) in [4.78, 5) is 8.59. The van der Waals surface area contributed by atoms with E-state index < -0.39 is 0 Å². The van der Waals surface area contributed by atoms with E-state index in [0.29, 0.717) is 16.7 Å². The molecule has 0 N–H and O–H groups in total. The number of halogens is 1. The summed E-state index contributed by atoms with van der Waals surface area (Å²) in [6.07, 6.45) is 4.63. The fourth-order valence-electron chi connectivity index (χ4n) is 1.96. The Bertz CT molecular complexity index is 937. The summed E-state index contributed by atoms with van der Waals surface area (Å²) in [6, 6.07) is 6.15.